The first-order chi connectivity index (χ1) is 5.79. The van der Waals surface area contributed by atoms with Crippen molar-refractivity contribution in [3.05, 3.63) is 0 Å². The van der Waals surface area contributed by atoms with E-state index >= 15 is 0 Å². The molecule has 1 aliphatic rings. The highest BCUT2D eigenvalue weighted by Crippen LogP contribution is 2.29. The van der Waals surface area contributed by atoms with Crippen molar-refractivity contribution in [2.75, 3.05) is 5.73 Å². The molecule has 66 valence electrons. The number of hydrogen-bond donors (Lipinski definition) is 2. The van der Waals surface area contributed by atoms with Gasteiger partial charge in [-0.05, 0) is 29.7 Å². The Labute approximate surface area is 69.4 Å². The zero-order valence-corrected chi connectivity index (χ0v) is 6.59. The van der Waals surface area contributed by atoms with E-state index in [0.29, 0.717) is 0 Å². The zero-order valence-electron chi connectivity index (χ0n) is 6.59. The van der Waals surface area contributed by atoms with Crippen LogP contribution in [0.15, 0.2) is 0 Å². The second kappa shape index (κ2) is 2.71. The average molecular weight is 169 g/mol. The fraction of sp³-hybridized carbons (Fsp3) is 0.833. The number of anilines is 1. The maximum atomic E-state index is 9.51. The third kappa shape index (κ3) is 1.04. The molecule has 6 nitrogen and oxygen atoms in total. The van der Waals surface area contributed by atoms with Gasteiger partial charge in [0.05, 0.1) is 12.1 Å². The Morgan fingerprint density at radius 3 is 2.83 bits per heavy atom. The van der Waals surface area contributed by atoms with Gasteiger partial charge in [-0.1, -0.05) is 5.10 Å². The largest absolute Gasteiger partial charge is 0.391 e. The summed E-state index contributed by atoms with van der Waals surface area (Å²) in [4.78, 5) is 0. The molecule has 2 atom stereocenters. The first-order valence-electron chi connectivity index (χ1n) is 4.00. The molecule has 1 aromatic heterocycles. The molecule has 3 N–H and O–H groups in total. The predicted octanol–water partition coefficient (Wildman–Crippen LogP) is -0.659. The molecule has 0 saturated heterocycles. The first-order valence-corrected chi connectivity index (χ1v) is 4.00. The van der Waals surface area contributed by atoms with Crippen LogP contribution in [0.25, 0.3) is 0 Å². The van der Waals surface area contributed by atoms with E-state index in [1.54, 1.807) is 0 Å². The number of nitrogens with zero attached hydrogens (tertiary/aromatic N) is 4. The third-order valence-corrected chi connectivity index (χ3v) is 2.28. The second-order valence-corrected chi connectivity index (χ2v) is 3.05. The van der Waals surface area contributed by atoms with Crippen LogP contribution in [0.1, 0.15) is 25.3 Å². The van der Waals surface area contributed by atoms with Gasteiger partial charge in [0.15, 0.2) is 0 Å². The van der Waals surface area contributed by atoms with Gasteiger partial charge in [-0.3, -0.25) is 0 Å². The summed E-state index contributed by atoms with van der Waals surface area (Å²) in [7, 11) is 0. The molecule has 1 aromatic rings. The summed E-state index contributed by atoms with van der Waals surface area (Å²) in [5, 5.41) is 20.2. The van der Waals surface area contributed by atoms with E-state index in [-0.39, 0.29) is 18.1 Å². The minimum atomic E-state index is -0.351. The lowest BCUT2D eigenvalue weighted by molar-refractivity contribution is 0.130. The van der Waals surface area contributed by atoms with Gasteiger partial charge in [-0.2, -0.15) is 0 Å². The highest BCUT2D eigenvalue weighted by atomic mass is 16.3. The summed E-state index contributed by atoms with van der Waals surface area (Å²) in [6.45, 7) is 0. The van der Waals surface area contributed by atoms with E-state index in [2.05, 4.69) is 15.5 Å². The molecule has 0 aromatic carbocycles. The molecule has 1 aliphatic carbocycles. The number of aromatic nitrogens is 4. The topological polar surface area (TPSA) is 89.9 Å². The molecular weight excluding hydrogens is 158 g/mol. The van der Waals surface area contributed by atoms with E-state index in [9.17, 15) is 5.11 Å². The summed E-state index contributed by atoms with van der Waals surface area (Å²) < 4.78 is 1.50. The van der Waals surface area contributed by atoms with Gasteiger partial charge in [0.2, 0.25) is 5.95 Å². The summed E-state index contributed by atoms with van der Waals surface area (Å²) in [5.41, 5.74) is 5.50. The standard InChI is InChI=1S/C6H11N5O/c7-6-8-9-10-11(6)4-2-1-3-5(4)12/h4-5,12H,1-3H2,(H2,7,8,10). The highest BCUT2D eigenvalue weighted by molar-refractivity contribution is 5.12. The van der Waals surface area contributed by atoms with Crippen molar-refractivity contribution in [2.45, 2.75) is 31.4 Å². The van der Waals surface area contributed by atoms with E-state index in [1.807, 2.05) is 0 Å². The van der Waals surface area contributed by atoms with Crippen LogP contribution < -0.4 is 5.73 Å². The molecule has 12 heavy (non-hydrogen) atoms. The monoisotopic (exact) mass is 169 g/mol. The summed E-state index contributed by atoms with van der Waals surface area (Å²) in [6, 6.07) is -0.0278. The fourth-order valence-electron chi connectivity index (χ4n) is 1.64. The van der Waals surface area contributed by atoms with Crippen molar-refractivity contribution in [2.24, 2.45) is 0 Å². The van der Waals surface area contributed by atoms with Crippen LogP contribution in [-0.4, -0.2) is 31.4 Å². The van der Waals surface area contributed by atoms with Crippen LogP contribution in [0.2, 0.25) is 0 Å². The summed E-state index contributed by atoms with van der Waals surface area (Å²) >= 11 is 0. The Hall–Kier alpha value is -1.17. The highest BCUT2D eigenvalue weighted by Gasteiger charge is 2.29. The molecule has 2 unspecified atom stereocenters. The number of tetrazole rings is 1. The van der Waals surface area contributed by atoms with E-state index in [0.717, 1.165) is 19.3 Å². The first kappa shape index (κ1) is 7.48. The molecule has 1 fully saturated rings. The molecule has 0 aliphatic heterocycles. The van der Waals surface area contributed by atoms with Crippen LogP contribution in [0, 0.1) is 0 Å². The molecule has 0 radical (unpaired) electrons. The Morgan fingerprint density at radius 1 is 1.50 bits per heavy atom. The van der Waals surface area contributed by atoms with Gasteiger partial charge < -0.3 is 10.8 Å². The minimum Gasteiger partial charge on any atom is -0.391 e. The lowest BCUT2D eigenvalue weighted by Crippen LogP contribution is -2.21. The lowest BCUT2D eigenvalue weighted by atomic mass is 10.2. The molecule has 6 heteroatoms. The zero-order chi connectivity index (χ0) is 8.55. The molecule has 2 rings (SSSR count). The van der Waals surface area contributed by atoms with E-state index in [4.69, 9.17) is 5.73 Å². The Balaban J connectivity index is 2.24. The molecule has 0 spiro atoms. The van der Waals surface area contributed by atoms with Crippen LogP contribution in [0.5, 0.6) is 0 Å². The summed E-state index contributed by atoms with van der Waals surface area (Å²) in [6.07, 6.45) is 2.36. The number of nitrogen functional groups attached to an aromatic ring is 1. The quantitative estimate of drug-likeness (QED) is 0.582. The van der Waals surface area contributed by atoms with Gasteiger partial charge >= 0.3 is 0 Å². The number of aliphatic hydroxyl groups is 1. The molecule has 1 heterocycles. The summed E-state index contributed by atoms with van der Waals surface area (Å²) in [5.74, 6) is 0.279. The number of aliphatic hydroxyl groups excluding tert-OH is 1. The predicted molar refractivity (Wildman–Crippen MR) is 41.1 cm³/mol. The maximum Gasteiger partial charge on any atom is 0.240 e. The second-order valence-electron chi connectivity index (χ2n) is 3.05. The van der Waals surface area contributed by atoms with Crippen LogP contribution in [0.3, 0.4) is 0 Å². The van der Waals surface area contributed by atoms with Crippen LogP contribution in [0.4, 0.5) is 5.95 Å². The Morgan fingerprint density at radius 2 is 2.33 bits per heavy atom. The van der Waals surface area contributed by atoms with Gasteiger partial charge in [0.1, 0.15) is 0 Å². The minimum absolute atomic E-state index is 0.0278. The lowest BCUT2D eigenvalue weighted by Gasteiger charge is -2.13. The normalized spacial score (nSPS) is 29.4. The van der Waals surface area contributed by atoms with Crippen molar-refractivity contribution in [1.29, 1.82) is 0 Å². The van der Waals surface area contributed by atoms with Crippen molar-refractivity contribution < 1.29 is 5.11 Å². The fourth-order valence-corrected chi connectivity index (χ4v) is 1.64. The van der Waals surface area contributed by atoms with Crippen LogP contribution >= 0.6 is 0 Å². The van der Waals surface area contributed by atoms with Gasteiger partial charge in [0.25, 0.3) is 0 Å². The third-order valence-electron chi connectivity index (χ3n) is 2.28. The Bertz CT molecular complexity index is 273. The molecule has 0 amide bonds. The number of hydrogen-bond acceptors (Lipinski definition) is 5. The number of nitrogens with two attached hydrogens (primary N) is 1. The smallest absolute Gasteiger partial charge is 0.240 e. The van der Waals surface area contributed by atoms with Crippen molar-refractivity contribution in [3.8, 4) is 0 Å². The number of rotatable bonds is 1. The van der Waals surface area contributed by atoms with Gasteiger partial charge in [0, 0.05) is 0 Å². The van der Waals surface area contributed by atoms with E-state index in [1.165, 1.54) is 4.68 Å². The molecule has 1 saturated carbocycles. The van der Waals surface area contributed by atoms with Crippen molar-refractivity contribution in [3.63, 3.8) is 0 Å². The van der Waals surface area contributed by atoms with E-state index < -0.39 is 0 Å². The molecular formula is C6H11N5O. The molecule has 0 bridgehead atoms. The Kier molecular flexibility index (Phi) is 1.69. The maximum absolute atomic E-state index is 9.51. The van der Waals surface area contributed by atoms with Gasteiger partial charge in [-0.25, -0.2) is 4.68 Å². The van der Waals surface area contributed by atoms with Gasteiger partial charge in [-0.15, -0.1) is 0 Å². The van der Waals surface area contributed by atoms with Crippen molar-refractivity contribution >= 4 is 5.95 Å². The average Bonchev–Trinajstić information content (AvgIpc) is 2.59. The SMILES string of the molecule is Nc1nnnn1C1CCCC1O. The van der Waals surface area contributed by atoms with Crippen molar-refractivity contribution in [1.82, 2.24) is 20.2 Å². The van der Waals surface area contributed by atoms with Crippen LogP contribution in [-0.2, 0) is 0 Å².